The lowest BCUT2D eigenvalue weighted by Gasteiger charge is -2.22. The van der Waals surface area contributed by atoms with E-state index in [1.165, 1.54) is 0 Å². The number of rotatable bonds is 2. The van der Waals surface area contributed by atoms with Crippen molar-refractivity contribution in [2.24, 2.45) is 0 Å². The highest BCUT2D eigenvalue weighted by Crippen LogP contribution is 2.27. The van der Waals surface area contributed by atoms with Crippen LogP contribution in [-0.2, 0) is 5.54 Å². The molecule has 0 amide bonds. The highest BCUT2D eigenvalue weighted by atomic mass is 16.5. The van der Waals surface area contributed by atoms with Gasteiger partial charge in [-0.3, -0.25) is 4.79 Å². The standard InChI is InChI=1S/C16H21N3O2/c1-10-9-13(11(2)8-12(10)17)21-14-15(20)19(7-6-18-14)16(3,4)5/h6-9H,17H2,1-5H3. The van der Waals surface area contributed by atoms with E-state index < -0.39 is 0 Å². The second-order valence-electron chi connectivity index (χ2n) is 6.15. The largest absolute Gasteiger partial charge is 0.434 e. The minimum atomic E-state index is -0.329. The van der Waals surface area contributed by atoms with E-state index in [0.717, 1.165) is 11.1 Å². The smallest absolute Gasteiger partial charge is 0.314 e. The number of hydrogen-bond acceptors (Lipinski definition) is 4. The van der Waals surface area contributed by atoms with Gasteiger partial charge in [0.1, 0.15) is 5.75 Å². The third-order valence-electron chi connectivity index (χ3n) is 3.30. The van der Waals surface area contributed by atoms with Crippen LogP contribution >= 0.6 is 0 Å². The zero-order chi connectivity index (χ0) is 15.8. The van der Waals surface area contributed by atoms with E-state index in [0.29, 0.717) is 11.4 Å². The van der Waals surface area contributed by atoms with Crippen LogP contribution in [-0.4, -0.2) is 9.55 Å². The van der Waals surface area contributed by atoms with E-state index in [4.69, 9.17) is 10.5 Å². The molecule has 5 heteroatoms. The van der Waals surface area contributed by atoms with Crippen molar-refractivity contribution in [1.29, 1.82) is 0 Å². The maximum atomic E-state index is 12.4. The first kappa shape index (κ1) is 15.1. The van der Waals surface area contributed by atoms with Crippen LogP contribution < -0.4 is 16.0 Å². The maximum Gasteiger partial charge on any atom is 0.314 e. The number of nitrogens with two attached hydrogens (primary N) is 1. The van der Waals surface area contributed by atoms with Gasteiger partial charge in [-0.05, 0) is 57.9 Å². The number of hydrogen-bond donors (Lipinski definition) is 1. The number of nitrogens with zero attached hydrogens (tertiary/aromatic N) is 2. The average Bonchev–Trinajstić information content (AvgIpc) is 2.36. The fraction of sp³-hybridized carbons (Fsp3) is 0.375. The van der Waals surface area contributed by atoms with Gasteiger partial charge in [0.15, 0.2) is 0 Å². The number of anilines is 1. The number of ether oxygens (including phenoxy) is 1. The monoisotopic (exact) mass is 287 g/mol. The molecule has 5 nitrogen and oxygen atoms in total. The van der Waals surface area contributed by atoms with Gasteiger partial charge in [0.25, 0.3) is 5.88 Å². The molecule has 112 valence electrons. The Bertz CT molecular complexity index is 727. The number of nitrogen functional groups attached to an aromatic ring is 1. The molecule has 0 aliphatic heterocycles. The molecule has 21 heavy (non-hydrogen) atoms. The Labute approximate surface area is 124 Å². The molecule has 0 aliphatic carbocycles. The van der Waals surface area contributed by atoms with Crippen LogP contribution in [0.3, 0.4) is 0 Å². The molecule has 2 aromatic rings. The highest BCUT2D eigenvalue weighted by molar-refractivity contribution is 5.54. The zero-order valence-electron chi connectivity index (χ0n) is 13.1. The summed E-state index contributed by atoms with van der Waals surface area (Å²) in [6.45, 7) is 9.65. The lowest BCUT2D eigenvalue weighted by molar-refractivity contribution is 0.362. The Morgan fingerprint density at radius 3 is 2.48 bits per heavy atom. The average molecular weight is 287 g/mol. The van der Waals surface area contributed by atoms with Crippen molar-refractivity contribution in [3.63, 3.8) is 0 Å². The fourth-order valence-corrected chi connectivity index (χ4v) is 2.02. The van der Waals surface area contributed by atoms with Crippen LogP contribution in [0.25, 0.3) is 0 Å². The summed E-state index contributed by atoms with van der Waals surface area (Å²) in [7, 11) is 0. The van der Waals surface area contributed by atoms with Crippen LogP contribution in [0.4, 0.5) is 5.69 Å². The number of benzene rings is 1. The topological polar surface area (TPSA) is 70.1 Å². The third kappa shape index (κ3) is 3.07. The summed E-state index contributed by atoms with van der Waals surface area (Å²) in [5.74, 6) is 0.664. The second-order valence-corrected chi connectivity index (χ2v) is 6.15. The minimum Gasteiger partial charge on any atom is -0.434 e. The van der Waals surface area contributed by atoms with Crippen molar-refractivity contribution in [1.82, 2.24) is 9.55 Å². The van der Waals surface area contributed by atoms with Crippen molar-refractivity contribution < 1.29 is 4.74 Å². The highest BCUT2D eigenvalue weighted by Gasteiger charge is 2.18. The minimum absolute atomic E-state index is 0.0692. The molecule has 0 aliphatic rings. The Kier molecular flexibility index (Phi) is 3.77. The summed E-state index contributed by atoms with van der Waals surface area (Å²) in [4.78, 5) is 16.5. The van der Waals surface area contributed by atoms with Gasteiger partial charge < -0.3 is 15.0 Å². The number of aryl methyl sites for hydroxylation is 2. The van der Waals surface area contributed by atoms with E-state index in [2.05, 4.69) is 4.98 Å². The normalized spacial score (nSPS) is 11.5. The van der Waals surface area contributed by atoms with E-state index in [1.807, 2.05) is 46.8 Å². The van der Waals surface area contributed by atoms with Crippen molar-refractivity contribution in [3.8, 4) is 11.6 Å². The Morgan fingerprint density at radius 2 is 1.86 bits per heavy atom. The van der Waals surface area contributed by atoms with E-state index in [1.54, 1.807) is 17.0 Å². The lowest BCUT2D eigenvalue weighted by Crippen LogP contribution is -2.34. The van der Waals surface area contributed by atoms with E-state index >= 15 is 0 Å². The maximum absolute atomic E-state index is 12.4. The first-order valence-electron chi connectivity index (χ1n) is 6.83. The molecule has 1 heterocycles. The lowest BCUT2D eigenvalue weighted by atomic mass is 10.1. The summed E-state index contributed by atoms with van der Waals surface area (Å²) >= 11 is 0. The molecule has 0 atom stereocenters. The first-order chi connectivity index (χ1) is 9.70. The summed E-state index contributed by atoms with van der Waals surface area (Å²) < 4.78 is 7.32. The van der Waals surface area contributed by atoms with Crippen LogP contribution in [0.5, 0.6) is 11.6 Å². The molecular formula is C16H21N3O2. The van der Waals surface area contributed by atoms with Crippen molar-refractivity contribution >= 4 is 5.69 Å². The SMILES string of the molecule is Cc1cc(Oc2nccn(C(C)(C)C)c2=O)c(C)cc1N. The predicted molar refractivity (Wildman–Crippen MR) is 83.9 cm³/mol. The van der Waals surface area contributed by atoms with Crippen LogP contribution in [0, 0.1) is 13.8 Å². The molecule has 0 saturated heterocycles. The van der Waals surface area contributed by atoms with Crippen molar-refractivity contribution in [2.45, 2.75) is 40.2 Å². The molecule has 0 unspecified atom stereocenters. The third-order valence-corrected chi connectivity index (χ3v) is 3.30. The molecule has 0 bridgehead atoms. The Balaban J connectivity index is 2.46. The van der Waals surface area contributed by atoms with E-state index in [-0.39, 0.29) is 17.0 Å². The first-order valence-corrected chi connectivity index (χ1v) is 6.83. The Hall–Kier alpha value is -2.30. The van der Waals surface area contributed by atoms with Crippen LogP contribution in [0.15, 0.2) is 29.3 Å². The quantitative estimate of drug-likeness (QED) is 0.862. The fourth-order valence-electron chi connectivity index (χ4n) is 2.02. The van der Waals surface area contributed by atoms with E-state index in [9.17, 15) is 4.79 Å². The second kappa shape index (κ2) is 5.24. The van der Waals surface area contributed by atoms with Gasteiger partial charge in [-0.15, -0.1) is 0 Å². The van der Waals surface area contributed by atoms with Crippen LogP contribution in [0.1, 0.15) is 31.9 Å². The summed E-state index contributed by atoms with van der Waals surface area (Å²) in [6.07, 6.45) is 3.23. The zero-order valence-corrected chi connectivity index (χ0v) is 13.1. The molecular weight excluding hydrogens is 266 g/mol. The van der Waals surface area contributed by atoms with Gasteiger partial charge in [-0.2, -0.15) is 0 Å². The van der Waals surface area contributed by atoms with Gasteiger partial charge in [0.2, 0.25) is 0 Å². The molecule has 1 aromatic heterocycles. The van der Waals surface area contributed by atoms with Crippen molar-refractivity contribution in [2.75, 3.05) is 5.73 Å². The van der Waals surface area contributed by atoms with Gasteiger partial charge in [-0.1, -0.05) is 0 Å². The molecule has 2 N–H and O–H groups in total. The predicted octanol–water partition coefficient (Wildman–Crippen LogP) is 2.99. The molecule has 0 fully saturated rings. The molecule has 0 saturated carbocycles. The summed E-state index contributed by atoms with van der Waals surface area (Å²) in [5, 5.41) is 0. The van der Waals surface area contributed by atoms with Gasteiger partial charge >= 0.3 is 5.56 Å². The molecule has 0 radical (unpaired) electrons. The molecule has 1 aromatic carbocycles. The van der Waals surface area contributed by atoms with Gasteiger partial charge in [0, 0.05) is 23.6 Å². The summed E-state index contributed by atoms with van der Waals surface area (Å²) in [6, 6.07) is 3.65. The van der Waals surface area contributed by atoms with Gasteiger partial charge in [-0.25, -0.2) is 4.98 Å². The van der Waals surface area contributed by atoms with Gasteiger partial charge in [0.05, 0.1) is 0 Å². The molecule has 0 spiro atoms. The van der Waals surface area contributed by atoms with Crippen molar-refractivity contribution in [3.05, 3.63) is 46.0 Å². The number of aromatic nitrogens is 2. The summed E-state index contributed by atoms with van der Waals surface area (Å²) in [5.41, 5.74) is 7.75. The molecule has 2 rings (SSSR count). The Morgan fingerprint density at radius 1 is 1.19 bits per heavy atom. The van der Waals surface area contributed by atoms with Crippen LogP contribution in [0.2, 0.25) is 0 Å².